The van der Waals surface area contributed by atoms with Gasteiger partial charge in [-0.25, -0.2) is 0 Å². The van der Waals surface area contributed by atoms with Crippen molar-refractivity contribution in [2.75, 3.05) is 37.9 Å². The fourth-order valence-electron chi connectivity index (χ4n) is 5.84. The van der Waals surface area contributed by atoms with Gasteiger partial charge < -0.3 is 30.7 Å². The van der Waals surface area contributed by atoms with E-state index >= 15 is 0 Å². The summed E-state index contributed by atoms with van der Waals surface area (Å²) in [5.74, 6) is 1.68. The molecule has 2 atom stereocenters. The van der Waals surface area contributed by atoms with Crippen LogP contribution in [-0.2, 0) is 13.1 Å². The standard InChI is InChI=1S/C38H48N6O2/c1-27(43-35-23-33(45-3)21-31-14-8-18-41-37(31)35)10-6-16-39-25-29-12-5-13-30(20-29)26-40-17-7-11-28(2)44-36-24-34(46-4)22-32-15-9-19-42-38(32)36/h5,8-9,12-15,18-24,27-28,39-40,43-44H,6-7,10-11,16-17,25-26H2,1-4H3. The van der Waals surface area contributed by atoms with Crippen LogP contribution in [0.5, 0.6) is 11.5 Å². The number of ether oxygens (including phenoxy) is 2. The second kappa shape index (κ2) is 16.8. The minimum absolute atomic E-state index is 0.325. The highest BCUT2D eigenvalue weighted by atomic mass is 16.5. The molecule has 8 nitrogen and oxygen atoms in total. The first kappa shape index (κ1) is 33.0. The molecular weight excluding hydrogens is 572 g/mol. The highest BCUT2D eigenvalue weighted by molar-refractivity contribution is 5.92. The molecule has 4 N–H and O–H groups in total. The molecule has 0 bridgehead atoms. The Hall–Kier alpha value is -4.40. The van der Waals surface area contributed by atoms with Gasteiger partial charge in [-0.3, -0.25) is 9.97 Å². The fourth-order valence-corrected chi connectivity index (χ4v) is 5.84. The molecule has 0 fully saturated rings. The SMILES string of the molecule is COc1cc(NC(C)CCCNCc2cccc(CNCCCC(C)Nc3cc(OC)cc4cccnc34)c2)c2ncccc2c1. The maximum atomic E-state index is 5.50. The lowest BCUT2D eigenvalue weighted by molar-refractivity contribution is 0.415. The van der Waals surface area contributed by atoms with Crippen molar-refractivity contribution in [3.63, 3.8) is 0 Å². The van der Waals surface area contributed by atoms with Crippen molar-refractivity contribution < 1.29 is 9.47 Å². The van der Waals surface area contributed by atoms with Gasteiger partial charge in [0.25, 0.3) is 0 Å². The number of pyridine rings is 2. The zero-order valence-corrected chi connectivity index (χ0v) is 27.6. The first-order valence-electron chi connectivity index (χ1n) is 16.4. The Morgan fingerprint density at radius 3 is 1.54 bits per heavy atom. The summed E-state index contributed by atoms with van der Waals surface area (Å²) in [6, 6.07) is 25.7. The summed E-state index contributed by atoms with van der Waals surface area (Å²) >= 11 is 0. The van der Waals surface area contributed by atoms with Crippen molar-refractivity contribution >= 4 is 33.2 Å². The molecule has 5 aromatic rings. The van der Waals surface area contributed by atoms with Crippen LogP contribution in [0.1, 0.15) is 50.7 Å². The Labute approximate surface area is 273 Å². The summed E-state index contributed by atoms with van der Waals surface area (Å²) in [6.07, 6.45) is 7.96. The number of anilines is 2. The molecule has 8 heteroatoms. The molecule has 0 aliphatic carbocycles. The molecule has 242 valence electrons. The van der Waals surface area contributed by atoms with E-state index in [0.717, 1.165) is 96.5 Å². The van der Waals surface area contributed by atoms with E-state index in [1.54, 1.807) is 14.2 Å². The van der Waals surface area contributed by atoms with Crippen LogP contribution in [0.15, 0.2) is 85.2 Å². The molecule has 2 aromatic heterocycles. The number of nitrogens with one attached hydrogen (secondary N) is 4. The number of fused-ring (bicyclic) bond motifs is 2. The van der Waals surface area contributed by atoms with Crippen molar-refractivity contribution in [3.05, 3.63) is 96.3 Å². The Morgan fingerprint density at radius 2 is 1.09 bits per heavy atom. The van der Waals surface area contributed by atoms with Crippen molar-refractivity contribution in [1.29, 1.82) is 0 Å². The molecule has 0 saturated carbocycles. The van der Waals surface area contributed by atoms with Gasteiger partial charge in [-0.15, -0.1) is 0 Å². The van der Waals surface area contributed by atoms with Crippen molar-refractivity contribution in [2.24, 2.45) is 0 Å². The van der Waals surface area contributed by atoms with Crippen molar-refractivity contribution in [3.8, 4) is 11.5 Å². The minimum atomic E-state index is 0.325. The Morgan fingerprint density at radius 1 is 0.609 bits per heavy atom. The van der Waals surface area contributed by atoms with E-state index in [1.807, 2.05) is 48.8 Å². The third kappa shape index (κ3) is 9.31. The lowest BCUT2D eigenvalue weighted by Crippen LogP contribution is -2.21. The molecule has 46 heavy (non-hydrogen) atoms. The van der Waals surface area contributed by atoms with Crippen molar-refractivity contribution in [2.45, 2.75) is 64.7 Å². The quantitative estimate of drug-likeness (QED) is 0.0747. The first-order valence-corrected chi connectivity index (χ1v) is 16.4. The molecule has 0 amide bonds. The van der Waals surface area contributed by atoms with Gasteiger partial charge in [0.05, 0.1) is 36.6 Å². The second-order valence-corrected chi connectivity index (χ2v) is 12.0. The van der Waals surface area contributed by atoms with Crippen LogP contribution in [0.3, 0.4) is 0 Å². The summed E-state index contributed by atoms with van der Waals surface area (Å²) in [6.45, 7) is 8.14. The number of aromatic nitrogens is 2. The molecule has 0 aliphatic rings. The largest absolute Gasteiger partial charge is 0.497 e. The molecule has 0 spiro atoms. The Bertz CT molecular complexity index is 1570. The number of methoxy groups -OCH3 is 2. The highest BCUT2D eigenvalue weighted by Gasteiger charge is 2.11. The van der Waals surface area contributed by atoms with Gasteiger partial charge in [-0.1, -0.05) is 36.4 Å². The number of nitrogens with zero attached hydrogens (tertiary/aromatic N) is 2. The van der Waals surface area contributed by atoms with Gasteiger partial charge in [-0.05, 0) is 88.0 Å². The summed E-state index contributed by atoms with van der Waals surface area (Å²) in [5, 5.41) is 16.7. The van der Waals surface area contributed by atoms with Crippen LogP contribution in [0.2, 0.25) is 0 Å². The van der Waals surface area contributed by atoms with Gasteiger partial charge in [0.1, 0.15) is 11.5 Å². The van der Waals surface area contributed by atoms with E-state index < -0.39 is 0 Å². The van der Waals surface area contributed by atoms with E-state index in [9.17, 15) is 0 Å². The van der Waals surface area contributed by atoms with Crippen LogP contribution in [0.25, 0.3) is 21.8 Å². The van der Waals surface area contributed by atoms with E-state index in [4.69, 9.17) is 9.47 Å². The maximum absolute atomic E-state index is 5.50. The number of benzene rings is 3. The van der Waals surface area contributed by atoms with Gasteiger partial charge in [0.2, 0.25) is 0 Å². The molecule has 5 rings (SSSR count). The highest BCUT2D eigenvalue weighted by Crippen LogP contribution is 2.29. The summed E-state index contributed by atoms with van der Waals surface area (Å²) in [7, 11) is 3.40. The monoisotopic (exact) mass is 620 g/mol. The Kier molecular flexibility index (Phi) is 12.0. The topological polar surface area (TPSA) is 92.4 Å². The molecule has 0 saturated heterocycles. The number of rotatable bonds is 18. The smallest absolute Gasteiger partial charge is 0.121 e. The third-order valence-electron chi connectivity index (χ3n) is 8.26. The fraction of sp³-hybridized carbons (Fsp3) is 0.368. The predicted molar refractivity (Wildman–Crippen MR) is 191 cm³/mol. The average molecular weight is 621 g/mol. The molecule has 0 aliphatic heterocycles. The van der Waals surface area contributed by atoms with E-state index in [0.29, 0.717) is 12.1 Å². The summed E-state index contributed by atoms with van der Waals surface area (Å²) in [5.41, 5.74) is 6.63. The van der Waals surface area contributed by atoms with E-state index in [-0.39, 0.29) is 0 Å². The molecule has 3 aromatic carbocycles. The van der Waals surface area contributed by atoms with Crippen LogP contribution in [-0.4, -0.2) is 49.4 Å². The van der Waals surface area contributed by atoms with Crippen LogP contribution >= 0.6 is 0 Å². The summed E-state index contributed by atoms with van der Waals surface area (Å²) in [4.78, 5) is 9.16. The van der Waals surface area contributed by atoms with Crippen LogP contribution in [0.4, 0.5) is 11.4 Å². The molecular formula is C38H48N6O2. The zero-order chi connectivity index (χ0) is 32.1. The molecule has 2 unspecified atom stereocenters. The molecule has 0 radical (unpaired) electrons. The number of hydrogen-bond acceptors (Lipinski definition) is 8. The van der Waals surface area contributed by atoms with E-state index in [2.05, 4.69) is 81.5 Å². The average Bonchev–Trinajstić information content (AvgIpc) is 3.08. The maximum Gasteiger partial charge on any atom is 0.121 e. The number of hydrogen-bond donors (Lipinski definition) is 4. The lowest BCUT2D eigenvalue weighted by atomic mass is 10.1. The van der Waals surface area contributed by atoms with Gasteiger partial charge >= 0.3 is 0 Å². The van der Waals surface area contributed by atoms with Crippen molar-refractivity contribution in [1.82, 2.24) is 20.6 Å². The Balaban J connectivity index is 0.979. The normalized spacial score (nSPS) is 12.6. The van der Waals surface area contributed by atoms with Gasteiger partial charge in [0, 0.05) is 60.5 Å². The van der Waals surface area contributed by atoms with Crippen LogP contribution in [0, 0.1) is 0 Å². The first-order chi connectivity index (χ1) is 22.5. The lowest BCUT2D eigenvalue weighted by Gasteiger charge is -2.18. The third-order valence-corrected chi connectivity index (χ3v) is 8.26. The minimum Gasteiger partial charge on any atom is -0.497 e. The zero-order valence-electron chi connectivity index (χ0n) is 27.6. The van der Waals surface area contributed by atoms with E-state index in [1.165, 1.54) is 11.1 Å². The molecule has 2 heterocycles. The predicted octanol–water partition coefficient (Wildman–Crippen LogP) is 7.54. The second-order valence-electron chi connectivity index (χ2n) is 12.0. The van der Waals surface area contributed by atoms with Gasteiger partial charge in [0.15, 0.2) is 0 Å². The van der Waals surface area contributed by atoms with Gasteiger partial charge in [-0.2, -0.15) is 0 Å². The summed E-state index contributed by atoms with van der Waals surface area (Å²) < 4.78 is 11.0. The van der Waals surface area contributed by atoms with Crippen LogP contribution < -0.4 is 30.7 Å².